The van der Waals surface area contributed by atoms with Gasteiger partial charge >= 0.3 is 0 Å². The second-order valence-electron chi connectivity index (χ2n) is 5.81. The molecule has 0 aliphatic rings. The molecule has 0 amide bonds. The molecule has 0 bridgehead atoms. The number of rotatable bonds is 7. The van der Waals surface area contributed by atoms with Crippen LogP contribution in [-0.4, -0.2) is 36.5 Å². The Labute approximate surface area is 119 Å². The fraction of sp³-hybridized carbons (Fsp3) is 0.600. The Hall–Kier alpha value is -1.04. The van der Waals surface area contributed by atoms with E-state index in [-0.39, 0.29) is 12.2 Å². The van der Waals surface area contributed by atoms with Gasteiger partial charge in [-0.2, -0.15) is 0 Å². The Morgan fingerprint density at radius 1 is 1.20 bits per heavy atom. The van der Waals surface area contributed by atoms with E-state index in [0.717, 1.165) is 6.07 Å². The average Bonchev–Trinajstić information content (AvgIpc) is 2.30. The summed E-state index contributed by atoms with van der Waals surface area (Å²) in [6.45, 7) is 6.94. The Balaban J connectivity index is 2.21. The summed E-state index contributed by atoms with van der Waals surface area (Å²) < 4.78 is 31.4. The quantitative estimate of drug-likeness (QED) is 0.756. The first-order valence-corrected chi connectivity index (χ1v) is 6.74. The summed E-state index contributed by atoms with van der Waals surface area (Å²) in [7, 11) is 0. The Bertz CT molecular complexity index is 399. The SMILES string of the molecule is CC(C)(C)OCC(O)CNCCc1cc(F)cc(F)c1. The van der Waals surface area contributed by atoms with Gasteiger partial charge in [0, 0.05) is 12.6 Å². The van der Waals surface area contributed by atoms with Crippen molar-refractivity contribution in [3.05, 3.63) is 35.4 Å². The molecule has 0 saturated carbocycles. The second-order valence-corrected chi connectivity index (χ2v) is 5.81. The maximum atomic E-state index is 13.0. The van der Waals surface area contributed by atoms with Crippen molar-refractivity contribution in [2.45, 2.75) is 38.9 Å². The number of aliphatic hydroxyl groups excluding tert-OH is 1. The van der Waals surface area contributed by atoms with E-state index in [4.69, 9.17) is 4.74 Å². The molecule has 3 nitrogen and oxygen atoms in total. The fourth-order valence-electron chi connectivity index (χ4n) is 1.66. The fourth-order valence-corrected chi connectivity index (χ4v) is 1.66. The van der Waals surface area contributed by atoms with Crippen molar-refractivity contribution >= 4 is 0 Å². The van der Waals surface area contributed by atoms with Gasteiger partial charge in [-0.3, -0.25) is 0 Å². The van der Waals surface area contributed by atoms with Crippen molar-refractivity contribution in [3.8, 4) is 0 Å². The molecule has 0 saturated heterocycles. The molecule has 0 spiro atoms. The Kier molecular flexibility index (Phi) is 6.52. The third-order valence-corrected chi connectivity index (χ3v) is 2.60. The van der Waals surface area contributed by atoms with Crippen molar-refractivity contribution < 1.29 is 18.6 Å². The molecule has 0 radical (unpaired) electrons. The number of halogens is 2. The van der Waals surface area contributed by atoms with Crippen LogP contribution >= 0.6 is 0 Å². The summed E-state index contributed by atoms with van der Waals surface area (Å²) >= 11 is 0. The summed E-state index contributed by atoms with van der Waals surface area (Å²) in [5.41, 5.74) is 0.315. The van der Waals surface area contributed by atoms with Crippen LogP contribution in [0.25, 0.3) is 0 Å². The molecule has 0 aromatic heterocycles. The van der Waals surface area contributed by atoms with E-state index in [0.29, 0.717) is 25.1 Å². The summed E-state index contributed by atoms with van der Waals surface area (Å²) in [6, 6.07) is 3.47. The van der Waals surface area contributed by atoms with Gasteiger partial charge in [-0.1, -0.05) is 0 Å². The molecule has 2 N–H and O–H groups in total. The number of hydrogen-bond donors (Lipinski definition) is 2. The van der Waals surface area contributed by atoms with Gasteiger partial charge in [0.2, 0.25) is 0 Å². The highest BCUT2D eigenvalue weighted by Crippen LogP contribution is 2.08. The normalized spacial score (nSPS) is 13.5. The van der Waals surface area contributed by atoms with Gasteiger partial charge in [0.05, 0.1) is 18.3 Å². The molecule has 20 heavy (non-hydrogen) atoms. The maximum absolute atomic E-state index is 13.0. The minimum absolute atomic E-state index is 0.255. The molecular formula is C15H23F2NO2. The molecule has 0 aliphatic heterocycles. The Morgan fingerprint density at radius 3 is 2.35 bits per heavy atom. The van der Waals surface area contributed by atoms with E-state index in [9.17, 15) is 13.9 Å². The minimum Gasteiger partial charge on any atom is -0.389 e. The molecule has 0 fully saturated rings. The lowest BCUT2D eigenvalue weighted by atomic mass is 10.1. The zero-order valence-corrected chi connectivity index (χ0v) is 12.2. The number of ether oxygens (including phenoxy) is 1. The predicted octanol–water partition coefficient (Wildman–Crippen LogP) is 2.27. The van der Waals surface area contributed by atoms with E-state index < -0.39 is 17.7 Å². The monoisotopic (exact) mass is 287 g/mol. The molecule has 1 rings (SSSR count). The highest BCUT2D eigenvalue weighted by molar-refractivity contribution is 5.18. The van der Waals surface area contributed by atoms with Crippen molar-refractivity contribution in [3.63, 3.8) is 0 Å². The third-order valence-electron chi connectivity index (χ3n) is 2.60. The van der Waals surface area contributed by atoms with Crippen molar-refractivity contribution in [2.75, 3.05) is 19.7 Å². The second kappa shape index (κ2) is 7.67. The maximum Gasteiger partial charge on any atom is 0.126 e. The van der Waals surface area contributed by atoms with Gasteiger partial charge in [-0.15, -0.1) is 0 Å². The van der Waals surface area contributed by atoms with Gasteiger partial charge in [0.15, 0.2) is 0 Å². The first-order chi connectivity index (χ1) is 9.26. The van der Waals surface area contributed by atoms with Crippen LogP contribution in [0, 0.1) is 11.6 Å². The van der Waals surface area contributed by atoms with Crippen molar-refractivity contribution in [1.29, 1.82) is 0 Å². The standard InChI is InChI=1S/C15H23F2NO2/c1-15(2,3)20-10-14(19)9-18-5-4-11-6-12(16)8-13(17)7-11/h6-8,14,18-19H,4-5,9-10H2,1-3H3. The highest BCUT2D eigenvalue weighted by atomic mass is 19.1. The number of aliphatic hydroxyl groups is 1. The van der Waals surface area contributed by atoms with Gasteiger partial charge in [-0.25, -0.2) is 8.78 Å². The lowest BCUT2D eigenvalue weighted by Crippen LogP contribution is -2.34. The predicted molar refractivity (Wildman–Crippen MR) is 74.6 cm³/mol. The van der Waals surface area contributed by atoms with Crippen LogP contribution < -0.4 is 5.32 Å². The topological polar surface area (TPSA) is 41.5 Å². The average molecular weight is 287 g/mol. The van der Waals surface area contributed by atoms with E-state index in [2.05, 4.69) is 5.32 Å². The van der Waals surface area contributed by atoms with Crippen LogP contribution in [0.5, 0.6) is 0 Å². The molecule has 1 aromatic carbocycles. The van der Waals surface area contributed by atoms with E-state index in [1.165, 1.54) is 12.1 Å². The number of nitrogens with one attached hydrogen (secondary N) is 1. The lowest BCUT2D eigenvalue weighted by molar-refractivity contribution is -0.0477. The van der Waals surface area contributed by atoms with Crippen LogP contribution in [0.4, 0.5) is 8.78 Å². The molecule has 114 valence electrons. The van der Waals surface area contributed by atoms with Crippen LogP contribution in [0.1, 0.15) is 26.3 Å². The largest absolute Gasteiger partial charge is 0.389 e. The van der Waals surface area contributed by atoms with Crippen LogP contribution in [0.3, 0.4) is 0 Å². The molecule has 0 aliphatic carbocycles. The summed E-state index contributed by atoms with van der Waals surface area (Å²) in [5, 5.41) is 12.7. The van der Waals surface area contributed by atoms with Crippen molar-refractivity contribution in [1.82, 2.24) is 5.32 Å². The van der Waals surface area contributed by atoms with Gasteiger partial charge in [0.25, 0.3) is 0 Å². The van der Waals surface area contributed by atoms with Crippen LogP contribution in [-0.2, 0) is 11.2 Å². The van der Waals surface area contributed by atoms with Crippen molar-refractivity contribution in [2.24, 2.45) is 0 Å². The van der Waals surface area contributed by atoms with Gasteiger partial charge < -0.3 is 15.2 Å². The molecule has 1 atom stereocenters. The third kappa shape index (κ3) is 7.53. The zero-order valence-electron chi connectivity index (χ0n) is 12.2. The zero-order chi connectivity index (χ0) is 15.2. The Morgan fingerprint density at radius 2 is 1.80 bits per heavy atom. The smallest absolute Gasteiger partial charge is 0.126 e. The van der Waals surface area contributed by atoms with E-state index in [1.54, 1.807) is 0 Å². The molecule has 1 unspecified atom stereocenters. The molecule has 0 heterocycles. The minimum atomic E-state index is -0.599. The number of hydrogen-bond acceptors (Lipinski definition) is 3. The first-order valence-electron chi connectivity index (χ1n) is 6.74. The lowest BCUT2D eigenvalue weighted by Gasteiger charge is -2.22. The van der Waals surface area contributed by atoms with Gasteiger partial charge in [0.1, 0.15) is 11.6 Å². The van der Waals surface area contributed by atoms with E-state index >= 15 is 0 Å². The summed E-state index contributed by atoms with van der Waals surface area (Å²) in [4.78, 5) is 0. The van der Waals surface area contributed by atoms with Gasteiger partial charge in [-0.05, 0) is 51.4 Å². The first kappa shape index (κ1) is 17.0. The van der Waals surface area contributed by atoms with Crippen LogP contribution in [0.15, 0.2) is 18.2 Å². The summed E-state index contributed by atoms with van der Waals surface area (Å²) in [5.74, 6) is -1.14. The number of benzene rings is 1. The summed E-state index contributed by atoms with van der Waals surface area (Å²) in [6.07, 6.45) is -0.0971. The highest BCUT2D eigenvalue weighted by Gasteiger charge is 2.13. The van der Waals surface area contributed by atoms with E-state index in [1.807, 2.05) is 20.8 Å². The molecule has 5 heteroatoms. The van der Waals surface area contributed by atoms with Crippen LogP contribution in [0.2, 0.25) is 0 Å². The molecular weight excluding hydrogens is 264 g/mol. The molecule has 1 aromatic rings.